The number of aliphatic hydroxyl groups excluding tert-OH is 1. The molecule has 2 unspecified atom stereocenters. The van der Waals surface area contributed by atoms with Gasteiger partial charge in [0.2, 0.25) is 11.8 Å². The van der Waals surface area contributed by atoms with Crippen LogP contribution in [0.15, 0.2) is 0 Å². The van der Waals surface area contributed by atoms with E-state index in [4.69, 9.17) is 10.2 Å². The van der Waals surface area contributed by atoms with Gasteiger partial charge in [-0.25, -0.2) is 4.79 Å². The Hall–Kier alpha value is -1.63. The van der Waals surface area contributed by atoms with E-state index in [0.717, 1.165) is 0 Å². The van der Waals surface area contributed by atoms with Gasteiger partial charge in [0, 0.05) is 20.0 Å². The number of carbonyl (C=O) groups is 3. The summed E-state index contributed by atoms with van der Waals surface area (Å²) in [6.45, 7) is -0.0175. The summed E-state index contributed by atoms with van der Waals surface area (Å²) in [5.41, 5.74) is 0. The van der Waals surface area contributed by atoms with Gasteiger partial charge in [-0.2, -0.15) is 0 Å². The molecule has 0 aromatic heterocycles. The summed E-state index contributed by atoms with van der Waals surface area (Å²) in [6, 6.07) is 0. The maximum absolute atomic E-state index is 11.5. The zero-order chi connectivity index (χ0) is 12.3. The molecule has 0 bridgehead atoms. The van der Waals surface area contributed by atoms with Crippen LogP contribution in [0.4, 0.5) is 0 Å². The van der Waals surface area contributed by atoms with Gasteiger partial charge in [-0.3, -0.25) is 9.59 Å². The summed E-state index contributed by atoms with van der Waals surface area (Å²) in [4.78, 5) is 34.3. The molecule has 0 aromatic rings. The summed E-state index contributed by atoms with van der Waals surface area (Å²) >= 11 is 0. The van der Waals surface area contributed by atoms with E-state index >= 15 is 0 Å². The lowest BCUT2D eigenvalue weighted by Crippen LogP contribution is -2.40. The smallest absolute Gasteiger partial charge is 0.334 e. The van der Waals surface area contributed by atoms with Crippen LogP contribution < -0.4 is 5.32 Å². The molecule has 1 fully saturated rings. The molecule has 1 heterocycles. The van der Waals surface area contributed by atoms with E-state index in [1.807, 2.05) is 0 Å². The molecule has 3 N–H and O–H groups in total. The Morgan fingerprint density at radius 2 is 2.25 bits per heavy atom. The lowest BCUT2D eigenvalue weighted by Gasteiger charge is -2.12. The first-order valence-electron chi connectivity index (χ1n) is 4.84. The SMILES string of the molecule is CN1CC(C(=O)NCC(O)C(=O)O)CC1=O. The molecule has 1 aliphatic rings. The predicted molar refractivity (Wildman–Crippen MR) is 52.4 cm³/mol. The van der Waals surface area contributed by atoms with Crippen LogP contribution in [0, 0.1) is 5.92 Å². The van der Waals surface area contributed by atoms with E-state index in [0.29, 0.717) is 6.54 Å². The van der Waals surface area contributed by atoms with E-state index in [2.05, 4.69) is 5.32 Å². The van der Waals surface area contributed by atoms with Crippen molar-refractivity contribution in [2.45, 2.75) is 12.5 Å². The number of hydrogen-bond donors (Lipinski definition) is 3. The molecule has 0 aliphatic carbocycles. The Labute approximate surface area is 92.0 Å². The molecule has 7 nitrogen and oxygen atoms in total. The number of hydrogen-bond acceptors (Lipinski definition) is 4. The van der Waals surface area contributed by atoms with Crippen LogP contribution in [-0.2, 0) is 14.4 Å². The van der Waals surface area contributed by atoms with Gasteiger partial charge in [0.1, 0.15) is 0 Å². The third-order valence-corrected chi connectivity index (χ3v) is 2.47. The van der Waals surface area contributed by atoms with E-state index < -0.39 is 23.9 Å². The zero-order valence-electron chi connectivity index (χ0n) is 8.84. The van der Waals surface area contributed by atoms with Crippen molar-refractivity contribution in [3.8, 4) is 0 Å². The summed E-state index contributed by atoms with van der Waals surface area (Å²) in [7, 11) is 1.60. The van der Waals surface area contributed by atoms with Gasteiger partial charge in [-0.05, 0) is 0 Å². The van der Waals surface area contributed by atoms with Crippen LogP contribution in [-0.4, -0.2) is 59.1 Å². The van der Waals surface area contributed by atoms with Gasteiger partial charge in [0.25, 0.3) is 0 Å². The molecular formula is C9H14N2O5. The summed E-state index contributed by atoms with van der Waals surface area (Å²) in [6.07, 6.45) is -1.48. The number of carbonyl (C=O) groups excluding carboxylic acids is 2. The molecule has 1 saturated heterocycles. The van der Waals surface area contributed by atoms with Crippen LogP contribution in [0.1, 0.15) is 6.42 Å². The molecular weight excluding hydrogens is 216 g/mol. The maximum Gasteiger partial charge on any atom is 0.334 e. The number of likely N-dealkylation sites (tertiary alicyclic amines) is 1. The van der Waals surface area contributed by atoms with Crippen molar-refractivity contribution in [1.82, 2.24) is 10.2 Å². The van der Waals surface area contributed by atoms with Crippen molar-refractivity contribution < 1.29 is 24.6 Å². The molecule has 7 heteroatoms. The third-order valence-electron chi connectivity index (χ3n) is 2.47. The number of nitrogens with one attached hydrogen (secondary N) is 1. The molecule has 0 saturated carbocycles. The minimum Gasteiger partial charge on any atom is -0.479 e. The average molecular weight is 230 g/mol. The highest BCUT2D eigenvalue weighted by Crippen LogP contribution is 2.15. The van der Waals surface area contributed by atoms with E-state index in [-0.39, 0.29) is 18.9 Å². The molecule has 0 aromatic carbocycles. The van der Waals surface area contributed by atoms with Crippen LogP contribution in [0.2, 0.25) is 0 Å². The topological polar surface area (TPSA) is 107 Å². The third kappa shape index (κ3) is 2.93. The number of aliphatic hydroxyl groups is 1. The van der Waals surface area contributed by atoms with Gasteiger partial charge in [-0.15, -0.1) is 0 Å². The molecule has 0 spiro atoms. The number of amides is 2. The molecule has 1 rings (SSSR count). The summed E-state index contributed by atoms with van der Waals surface area (Å²) in [5.74, 6) is -2.37. The van der Waals surface area contributed by atoms with Gasteiger partial charge in [0.05, 0.1) is 12.5 Å². The monoisotopic (exact) mass is 230 g/mol. The number of carboxylic acids is 1. The second-order valence-electron chi connectivity index (χ2n) is 3.77. The lowest BCUT2D eigenvalue weighted by atomic mass is 10.1. The largest absolute Gasteiger partial charge is 0.479 e. The standard InChI is InChI=1S/C9H14N2O5/c1-11-4-5(2-7(11)13)8(14)10-3-6(12)9(15)16/h5-6,12H,2-4H2,1H3,(H,10,14)(H,15,16). The van der Waals surface area contributed by atoms with Crippen molar-refractivity contribution in [3.63, 3.8) is 0 Å². The summed E-state index contributed by atoms with van der Waals surface area (Å²) < 4.78 is 0. The van der Waals surface area contributed by atoms with E-state index in [1.165, 1.54) is 4.90 Å². The molecule has 16 heavy (non-hydrogen) atoms. The zero-order valence-corrected chi connectivity index (χ0v) is 8.84. The first-order valence-corrected chi connectivity index (χ1v) is 4.84. The van der Waals surface area contributed by atoms with Crippen LogP contribution in [0.5, 0.6) is 0 Å². The maximum atomic E-state index is 11.5. The molecule has 1 aliphatic heterocycles. The van der Waals surface area contributed by atoms with Crippen LogP contribution in [0.25, 0.3) is 0 Å². The highest BCUT2D eigenvalue weighted by atomic mass is 16.4. The number of rotatable bonds is 4. The average Bonchev–Trinajstić information content (AvgIpc) is 2.55. The lowest BCUT2D eigenvalue weighted by molar-refractivity contribution is -0.146. The fourth-order valence-corrected chi connectivity index (χ4v) is 1.47. The molecule has 90 valence electrons. The second kappa shape index (κ2) is 4.93. The predicted octanol–water partition coefficient (Wildman–Crippen LogP) is -1.97. The quantitative estimate of drug-likeness (QED) is 0.519. The fraction of sp³-hybridized carbons (Fsp3) is 0.667. The minimum absolute atomic E-state index is 0.112. The van der Waals surface area contributed by atoms with Crippen molar-refractivity contribution in [2.75, 3.05) is 20.1 Å². The summed E-state index contributed by atoms with van der Waals surface area (Å²) in [5, 5.41) is 19.6. The van der Waals surface area contributed by atoms with Crippen molar-refractivity contribution in [3.05, 3.63) is 0 Å². The Balaban J connectivity index is 2.37. The molecule has 0 radical (unpaired) electrons. The fourth-order valence-electron chi connectivity index (χ4n) is 1.47. The van der Waals surface area contributed by atoms with Crippen LogP contribution in [0.3, 0.4) is 0 Å². The van der Waals surface area contributed by atoms with Crippen molar-refractivity contribution >= 4 is 17.8 Å². The van der Waals surface area contributed by atoms with E-state index in [1.54, 1.807) is 7.05 Å². The Kier molecular flexibility index (Phi) is 3.83. The van der Waals surface area contributed by atoms with Crippen LogP contribution >= 0.6 is 0 Å². The number of nitrogens with zero attached hydrogens (tertiary/aromatic N) is 1. The Morgan fingerprint density at radius 1 is 1.62 bits per heavy atom. The highest BCUT2D eigenvalue weighted by molar-refractivity contribution is 5.89. The van der Waals surface area contributed by atoms with Crippen molar-refractivity contribution in [1.29, 1.82) is 0 Å². The van der Waals surface area contributed by atoms with Gasteiger partial charge < -0.3 is 20.4 Å². The highest BCUT2D eigenvalue weighted by Gasteiger charge is 2.32. The molecule has 2 atom stereocenters. The first kappa shape index (κ1) is 12.4. The Bertz CT molecular complexity index is 317. The first-order chi connectivity index (χ1) is 7.41. The van der Waals surface area contributed by atoms with E-state index in [9.17, 15) is 14.4 Å². The van der Waals surface area contributed by atoms with Gasteiger partial charge in [0.15, 0.2) is 6.10 Å². The second-order valence-corrected chi connectivity index (χ2v) is 3.77. The Morgan fingerprint density at radius 3 is 2.69 bits per heavy atom. The molecule has 2 amide bonds. The minimum atomic E-state index is -1.61. The number of aliphatic carboxylic acids is 1. The number of carboxylic acid groups (broad SMARTS) is 1. The van der Waals surface area contributed by atoms with Gasteiger partial charge >= 0.3 is 5.97 Å². The van der Waals surface area contributed by atoms with Gasteiger partial charge in [-0.1, -0.05) is 0 Å². The normalized spacial score (nSPS) is 22.0. The van der Waals surface area contributed by atoms with Crippen molar-refractivity contribution in [2.24, 2.45) is 5.92 Å².